The van der Waals surface area contributed by atoms with Crippen LogP contribution in [0.25, 0.3) is 0 Å². The molecule has 8 heteroatoms. The van der Waals surface area contributed by atoms with Crippen molar-refractivity contribution in [3.8, 4) is 11.5 Å². The topological polar surface area (TPSA) is 110 Å². The molecule has 0 radical (unpaired) electrons. The van der Waals surface area contributed by atoms with E-state index in [0.717, 1.165) is 18.4 Å². The number of carbonyl (C=O) groups excluding carboxylic acids is 2. The van der Waals surface area contributed by atoms with Gasteiger partial charge in [-0.2, -0.15) is 0 Å². The standard InChI is InChI=1S/C19H20N2O6/c22-17(20-9-12-3-6-14-15(8-12)27-11-26-14)18(23)21-10-19(24,13-4-5-13)16-2-1-7-25-16/h1-3,6-8,13,24H,4-5,9-11H2,(H,20,22)(H,21,23). The summed E-state index contributed by atoms with van der Waals surface area (Å²) in [6.07, 6.45) is 3.18. The summed E-state index contributed by atoms with van der Waals surface area (Å²) in [5.41, 5.74) is -0.512. The van der Waals surface area contributed by atoms with Gasteiger partial charge in [0.15, 0.2) is 11.5 Å². The largest absolute Gasteiger partial charge is 0.466 e. The summed E-state index contributed by atoms with van der Waals surface area (Å²) in [6.45, 7) is 0.266. The molecule has 3 N–H and O–H groups in total. The van der Waals surface area contributed by atoms with Crippen LogP contribution in [0.2, 0.25) is 0 Å². The van der Waals surface area contributed by atoms with E-state index in [0.29, 0.717) is 17.3 Å². The highest BCUT2D eigenvalue weighted by Gasteiger charge is 2.47. The quantitative estimate of drug-likeness (QED) is 0.654. The van der Waals surface area contributed by atoms with Crippen LogP contribution < -0.4 is 20.1 Å². The molecule has 2 aliphatic rings. The monoisotopic (exact) mass is 372 g/mol. The molecule has 1 unspecified atom stereocenters. The van der Waals surface area contributed by atoms with Crippen molar-refractivity contribution >= 4 is 11.8 Å². The minimum absolute atomic E-state index is 0.0145. The highest BCUT2D eigenvalue weighted by molar-refractivity contribution is 6.35. The van der Waals surface area contributed by atoms with Crippen molar-refractivity contribution < 1.29 is 28.6 Å². The third-order valence-corrected chi connectivity index (χ3v) is 4.82. The molecule has 142 valence electrons. The number of hydrogen-bond acceptors (Lipinski definition) is 6. The number of hydrogen-bond donors (Lipinski definition) is 3. The van der Waals surface area contributed by atoms with Gasteiger partial charge in [0.1, 0.15) is 11.4 Å². The fourth-order valence-electron chi connectivity index (χ4n) is 3.13. The number of furan rings is 1. The van der Waals surface area contributed by atoms with Gasteiger partial charge < -0.3 is 29.6 Å². The summed E-state index contributed by atoms with van der Waals surface area (Å²) in [7, 11) is 0. The van der Waals surface area contributed by atoms with Gasteiger partial charge in [0.05, 0.1) is 12.8 Å². The van der Waals surface area contributed by atoms with Crippen molar-refractivity contribution in [2.75, 3.05) is 13.3 Å². The number of nitrogens with one attached hydrogen (secondary N) is 2. The molecular formula is C19H20N2O6. The summed E-state index contributed by atoms with van der Waals surface area (Å²) in [5, 5.41) is 15.9. The molecule has 1 aliphatic heterocycles. The second-order valence-electron chi connectivity index (χ2n) is 6.73. The van der Waals surface area contributed by atoms with E-state index in [1.807, 2.05) is 0 Å². The average Bonchev–Trinajstić information content (AvgIpc) is 3.20. The van der Waals surface area contributed by atoms with Gasteiger partial charge in [0.2, 0.25) is 6.79 Å². The van der Waals surface area contributed by atoms with E-state index in [4.69, 9.17) is 13.9 Å². The molecule has 4 rings (SSSR count). The van der Waals surface area contributed by atoms with Crippen LogP contribution in [0, 0.1) is 5.92 Å². The van der Waals surface area contributed by atoms with E-state index in [9.17, 15) is 14.7 Å². The minimum Gasteiger partial charge on any atom is -0.466 e. The van der Waals surface area contributed by atoms with Crippen LogP contribution in [0.5, 0.6) is 11.5 Å². The Balaban J connectivity index is 1.31. The molecule has 8 nitrogen and oxygen atoms in total. The number of amides is 2. The first-order chi connectivity index (χ1) is 13.1. The Labute approximate surface area is 155 Å². The molecule has 1 atom stereocenters. The third kappa shape index (κ3) is 3.61. The Morgan fingerprint density at radius 2 is 1.89 bits per heavy atom. The maximum absolute atomic E-state index is 12.1. The van der Waals surface area contributed by atoms with Crippen molar-refractivity contribution in [1.82, 2.24) is 10.6 Å². The number of carbonyl (C=O) groups is 2. The molecule has 2 heterocycles. The first-order valence-electron chi connectivity index (χ1n) is 8.77. The van der Waals surface area contributed by atoms with Crippen LogP contribution in [-0.2, 0) is 21.7 Å². The van der Waals surface area contributed by atoms with Crippen LogP contribution in [0.15, 0.2) is 41.0 Å². The van der Waals surface area contributed by atoms with Crippen LogP contribution >= 0.6 is 0 Å². The fourth-order valence-corrected chi connectivity index (χ4v) is 3.13. The SMILES string of the molecule is O=C(NCc1ccc2c(c1)OCO2)C(=O)NCC(O)(c1ccco1)C1CC1. The van der Waals surface area contributed by atoms with Gasteiger partial charge in [-0.15, -0.1) is 0 Å². The predicted molar refractivity (Wildman–Crippen MR) is 92.8 cm³/mol. The van der Waals surface area contributed by atoms with E-state index in [1.54, 1.807) is 30.3 Å². The Bertz CT molecular complexity index is 846. The molecule has 1 aromatic carbocycles. The number of aliphatic hydroxyl groups is 1. The number of ether oxygens (including phenoxy) is 2. The van der Waals surface area contributed by atoms with Gasteiger partial charge in [0, 0.05) is 6.54 Å². The molecule has 1 fully saturated rings. The third-order valence-electron chi connectivity index (χ3n) is 4.82. The predicted octanol–water partition coefficient (Wildman–Crippen LogP) is 1.04. The van der Waals surface area contributed by atoms with Crippen molar-refractivity contribution in [3.05, 3.63) is 47.9 Å². The van der Waals surface area contributed by atoms with Crippen molar-refractivity contribution in [2.45, 2.75) is 25.0 Å². The lowest BCUT2D eigenvalue weighted by Crippen LogP contribution is -2.47. The fraction of sp³-hybridized carbons (Fsp3) is 0.368. The number of rotatable bonds is 6. The lowest BCUT2D eigenvalue weighted by atomic mass is 9.94. The van der Waals surface area contributed by atoms with Crippen molar-refractivity contribution in [1.29, 1.82) is 0 Å². The lowest BCUT2D eigenvalue weighted by molar-refractivity contribution is -0.140. The van der Waals surface area contributed by atoms with Crippen molar-refractivity contribution in [3.63, 3.8) is 0 Å². The maximum atomic E-state index is 12.1. The minimum atomic E-state index is -1.29. The maximum Gasteiger partial charge on any atom is 0.309 e. The summed E-state index contributed by atoms with van der Waals surface area (Å²) in [5.74, 6) is 0.0950. The summed E-state index contributed by atoms with van der Waals surface area (Å²) in [6, 6.07) is 8.65. The molecule has 1 saturated carbocycles. The van der Waals surface area contributed by atoms with E-state index in [2.05, 4.69) is 10.6 Å². The molecule has 0 bridgehead atoms. The van der Waals surface area contributed by atoms with Crippen LogP contribution in [0.3, 0.4) is 0 Å². The van der Waals surface area contributed by atoms with Gasteiger partial charge in [0.25, 0.3) is 0 Å². The van der Waals surface area contributed by atoms with E-state index < -0.39 is 17.4 Å². The number of benzene rings is 1. The Morgan fingerprint density at radius 1 is 1.11 bits per heavy atom. The normalized spacial score (nSPS) is 17.2. The molecule has 2 amide bonds. The lowest BCUT2D eigenvalue weighted by Gasteiger charge is -2.26. The van der Waals surface area contributed by atoms with Gasteiger partial charge in [-0.05, 0) is 48.6 Å². The summed E-state index contributed by atoms with van der Waals surface area (Å²) >= 11 is 0. The molecule has 0 spiro atoms. The second kappa shape index (κ2) is 6.96. The Morgan fingerprint density at radius 3 is 2.63 bits per heavy atom. The van der Waals surface area contributed by atoms with Crippen LogP contribution in [-0.4, -0.2) is 30.3 Å². The average molecular weight is 372 g/mol. The Kier molecular flexibility index (Phi) is 4.49. The molecular weight excluding hydrogens is 352 g/mol. The second-order valence-corrected chi connectivity index (χ2v) is 6.73. The number of fused-ring (bicyclic) bond motifs is 1. The van der Waals surface area contributed by atoms with E-state index in [1.165, 1.54) is 6.26 Å². The van der Waals surface area contributed by atoms with Crippen molar-refractivity contribution in [2.24, 2.45) is 5.92 Å². The van der Waals surface area contributed by atoms with E-state index >= 15 is 0 Å². The zero-order valence-electron chi connectivity index (χ0n) is 14.6. The van der Waals surface area contributed by atoms with Crippen LogP contribution in [0.1, 0.15) is 24.2 Å². The van der Waals surface area contributed by atoms with E-state index in [-0.39, 0.29) is 25.8 Å². The molecule has 0 saturated heterocycles. The molecule has 1 aliphatic carbocycles. The Hall–Kier alpha value is -3.00. The first-order valence-corrected chi connectivity index (χ1v) is 8.77. The van der Waals surface area contributed by atoms with Gasteiger partial charge in [-0.3, -0.25) is 9.59 Å². The highest BCUT2D eigenvalue weighted by Crippen LogP contribution is 2.45. The van der Waals surface area contributed by atoms with Crippen LogP contribution in [0.4, 0.5) is 0 Å². The zero-order chi connectivity index (χ0) is 18.9. The first kappa shape index (κ1) is 17.4. The summed E-state index contributed by atoms with van der Waals surface area (Å²) < 4.78 is 15.8. The zero-order valence-corrected chi connectivity index (χ0v) is 14.6. The van der Waals surface area contributed by atoms with Gasteiger partial charge >= 0.3 is 11.8 Å². The van der Waals surface area contributed by atoms with Gasteiger partial charge in [-0.25, -0.2) is 0 Å². The molecule has 2 aromatic rings. The molecule has 27 heavy (non-hydrogen) atoms. The molecule has 1 aromatic heterocycles. The summed E-state index contributed by atoms with van der Waals surface area (Å²) in [4.78, 5) is 24.2. The highest BCUT2D eigenvalue weighted by atomic mass is 16.7. The van der Waals surface area contributed by atoms with Gasteiger partial charge in [-0.1, -0.05) is 6.07 Å². The smallest absolute Gasteiger partial charge is 0.309 e.